The number of nitrogens with zero attached hydrogens (tertiary/aromatic N) is 1. The Labute approximate surface area is 130 Å². The molecule has 0 atom stereocenters. The number of carbonyl (C=O) groups excluding carboxylic acids is 1. The molecule has 108 valence electrons. The minimum atomic E-state index is 0.0423. The molecule has 0 fully saturated rings. The number of carbonyl (C=O) groups is 1. The van der Waals surface area contributed by atoms with Gasteiger partial charge in [-0.1, -0.05) is 54.7 Å². The Kier molecular flexibility index (Phi) is 4.01. The van der Waals surface area contributed by atoms with Crippen molar-refractivity contribution < 1.29 is 4.79 Å². The number of para-hydroxylation sites is 1. The largest absolute Gasteiger partial charge is 0.344 e. The average Bonchev–Trinajstić information content (AvgIpc) is 2.56. The van der Waals surface area contributed by atoms with Crippen molar-refractivity contribution in [2.75, 3.05) is 11.4 Å². The van der Waals surface area contributed by atoms with Gasteiger partial charge in [0.2, 0.25) is 0 Å². The highest BCUT2D eigenvalue weighted by Gasteiger charge is 2.14. The highest BCUT2D eigenvalue weighted by atomic mass is 16.1. The van der Waals surface area contributed by atoms with E-state index in [1.54, 1.807) is 12.2 Å². The molecule has 2 nitrogen and oxygen atoms in total. The number of ketones is 1. The lowest BCUT2D eigenvalue weighted by Gasteiger charge is -2.26. The Bertz CT molecular complexity index is 760. The van der Waals surface area contributed by atoms with Crippen molar-refractivity contribution in [3.8, 4) is 0 Å². The number of rotatable bonds is 3. The number of benzene rings is 1. The van der Waals surface area contributed by atoms with Gasteiger partial charge in [-0.3, -0.25) is 4.79 Å². The second kappa shape index (κ2) is 6.27. The van der Waals surface area contributed by atoms with Gasteiger partial charge in [-0.15, -0.1) is 6.58 Å². The van der Waals surface area contributed by atoms with Crippen LogP contribution in [0.3, 0.4) is 0 Å². The molecule has 0 amide bonds. The number of allylic oxidation sites excluding steroid dienone is 9. The lowest BCUT2D eigenvalue weighted by molar-refractivity contribution is -0.111. The summed E-state index contributed by atoms with van der Waals surface area (Å²) >= 11 is 0. The first-order valence-corrected chi connectivity index (χ1v) is 7.26. The molecule has 0 unspecified atom stereocenters. The Morgan fingerprint density at radius 3 is 2.59 bits per heavy atom. The molecular formula is C20H17NO. The zero-order chi connectivity index (χ0) is 15.4. The SMILES string of the molecule is C=CCN1C=C/C(=C/C=C2\C=CC=CC2=O)c2ccccc21. The van der Waals surface area contributed by atoms with E-state index >= 15 is 0 Å². The lowest BCUT2D eigenvalue weighted by atomic mass is 9.98. The van der Waals surface area contributed by atoms with Crippen LogP contribution < -0.4 is 4.90 Å². The highest BCUT2D eigenvalue weighted by Crippen LogP contribution is 2.32. The van der Waals surface area contributed by atoms with Crippen molar-refractivity contribution in [3.05, 3.63) is 96.8 Å². The lowest BCUT2D eigenvalue weighted by Crippen LogP contribution is -2.19. The van der Waals surface area contributed by atoms with E-state index in [1.165, 1.54) is 0 Å². The van der Waals surface area contributed by atoms with E-state index in [-0.39, 0.29) is 5.78 Å². The van der Waals surface area contributed by atoms with Crippen molar-refractivity contribution in [2.45, 2.75) is 0 Å². The summed E-state index contributed by atoms with van der Waals surface area (Å²) in [5.41, 5.74) is 4.11. The molecule has 1 aromatic carbocycles. The van der Waals surface area contributed by atoms with Gasteiger partial charge in [-0.25, -0.2) is 0 Å². The molecule has 0 spiro atoms. The fourth-order valence-electron chi connectivity index (χ4n) is 2.55. The van der Waals surface area contributed by atoms with Crippen LogP contribution in [0.1, 0.15) is 5.56 Å². The van der Waals surface area contributed by atoms with Gasteiger partial charge in [0.1, 0.15) is 0 Å². The first kappa shape index (κ1) is 14.1. The third-order valence-electron chi connectivity index (χ3n) is 3.65. The molecular weight excluding hydrogens is 270 g/mol. The van der Waals surface area contributed by atoms with E-state index < -0.39 is 0 Å². The monoisotopic (exact) mass is 287 g/mol. The maximum atomic E-state index is 11.8. The zero-order valence-corrected chi connectivity index (χ0v) is 12.3. The summed E-state index contributed by atoms with van der Waals surface area (Å²) in [4.78, 5) is 13.9. The molecule has 0 saturated heterocycles. The van der Waals surface area contributed by atoms with Gasteiger partial charge in [-0.05, 0) is 23.8 Å². The molecule has 1 heterocycles. The molecule has 0 aromatic heterocycles. The molecule has 1 aliphatic heterocycles. The Morgan fingerprint density at radius 1 is 1.00 bits per heavy atom. The summed E-state index contributed by atoms with van der Waals surface area (Å²) in [6.45, 7) is 4.57. The van der Waals surface area contributed by atoms with Crippen molar-refractivity contribution in [3.63, 3.8) is 0 Å². The van der Waals surface area contributed by atoms with Crippen LogP contribution in [0.15, 0.2) is 91.2 Å². The smallest absolute Gasteiger partial charge is 0.185 e. The van der Waals surface area contributed by atoms with Crippen LogP contribution in [-0.2, 0) is 4.79 Å². The first-order valence-electron chi connectivity index (χ1n) is 7.26. The Morgan fingerprint density at radius 2 is 1.77 bits per heavy atom. The summed E-state index contributed by atoms with van der Waals surface area (Å²) < 4.78 is 0. The first-order chi connectivity index (χ1) is 10.8. The van der Waals surface area contributed by atoms with E-state index in [2.05, 4.69) is 29.7 Å². The van der Waals surface area contributed by atoms with E-state index in [0.717, 1.165) is 23.4 Å². The van der Waals surface area contributed by atoms with Crippen LogP contribution in [0.5, 0.6) is 0 Å². The van der Waals surface area contributed by atoms with E-state index in [1.807, 2.05) is 48.7 Å². The molecule has 0 bridgehead atoms. The quantitative estimate of drug-likeness (QED) is 0.613. The van der Waals surface area contributed by atoms with Crippen LogP contribution in [0.2, 0.25) is 0 Å². The fourth-order valence-corrected chi connectivity index (χ4v) is 2.55. The summed E-state index contributed by atoms with van der Waals surface area (Å²) in [7, 11) is 0. The second-order valence-corrected chi connectivity index (χ2v) is 5.10. The average molecular weight is 287 g/mol. The molecule has 2 heteroatoms. The maximum absolute atomic E-state index is 11.8. The summed E-state index contributed by atoms with van der Waals surface area (Å²) in [6, 6.07) is 8.25. The van der Waals surface area contributed by atoms with Crippen molar-refractivity contribution in [1.82, 2.24) is 0 Å². The molecule has 22 heavy (non-hydrogen) atoms. The van der Waals surface area contributed by atoms with Gasteiger partial charge < -0.3 is 4.90 Å². The van der Waals surface area contributed by atoms with Crippen LogP contribution in [-0.4, -0.2) is 12.3 Å². The predicted molar refractivity (Wildman–Crippen MR) is 92.5 cm³/mol. The number of hydrogen-bond donors (Lipinski definition) is 0. The van der Waals surface area contributed by atoms with Gasteiger partial charge >= 0.3 is 0 Å². The van der Waals surface area contributed by atoms with Gasteiger partial charge in [0.15, 0.2) is 5.78 Å². The van der Waals surface area contributed by atoms with Gasteiger partial charge in [0.25, 0.3) is 0 Å². The second-order valence-electron chi connectivity index (χ2n) is 5.10. The number of anilines is 1. The van der Waals surface area contributed by atoms with Crippen LogP contribution in [0, 0.1) is 0 Å². The topological polar surface area (TPSA) is 20.3 Å². The molecule has 3 rings (SSSR count). The van der Waals surface area contributed by atoms with E-state index in [0.29, 0.717) is 5.57 Å². The third kappa shape index (κ3) is 2.77. The Hall–Kier alpha value is -2.87. The summed E-state index contributed by atoms with van der Waals surface area (Å²) in [5, 5.41) is 0. The summed E-state index contributed by atoms with van der Waals surface area (Å²) in [5.74, 6) is 0.0423. The molecule has 0 N–H and O–H groups in total. The third-order valence-corrected chi connectivity index (χ3v) is 3.65. The van der Waals surface area contributed by atoms with E-state index in [9.17, 15) is 4.79 Å². The number of hydrogen-bond acceptors (Lipinski definition) is 2. The number of fused-ring (bicyclic) bond motifs is 1. The standard InChI is InChI=1S/C20H17NO/c1-2-14-21-15-13-16(18-8-4-5-9-19(18)21)11-12-17-7-3-6-10-20(17)22/h2-13,15H,1,14H2/b16-11-,17-12+. The predicted octanol–water partition coefficient (Wildman–Crippen LogP) is 4.21. The molecule has 1 aliphatic carbocycles. The maximum Gasteiger partial charge on any atom is 0.185 e. The normalized spacial score (nSPS) is 19.8. The van der Waals surface area contributed by atoms with E-state index in [4.69, 9.17) is 0 Å². The minimum Gasteiger partial charge on any atom is -0.344 e. The molecule has 2 aliphatic rings. The van der Waals surface area contributed by atoms with Gasteiger partial charge in [-0.2, -0.15) is 0 Å². The van der Waals surface area contributed by atoms with Gasteiger partial charge in [0, 0.05) is 29.6 Å². The summed E-state index contributed by atoms with van der Waals surface area (Å²) in [6.07, 6.45) is 16.9. The van der Waals surface area contributed by atoms with Crippen molar-refractivity contribution in [2.24, 2.45) is 0 Å². The molecule has 1 aromatic rings. The van der Waals surface area contributed by atoms with Crippen molar-refractivity contribution >= 4 is 17.0 Å². The molecule has 0 radical (unpaired) electrons. The van der Waals surface area contributed by atoms with Gasteiger partial charge in [0.05, 0.1) is 0 Å². The van der Waals surface area contributed by atoms with Crippen molar-refractivity contribution in [1.29, 1.82) is 0 Å². The van der Waals surface area contributed by atoms with Crippen LogP contribution >= 0.6 is 0 Å². The Balaban J connectivity index is 1.97. The van der Waals surface area contributed by atoms with Crippen LogP contribution in [0.25, 0.3) is 5.57 Å². The minimum absolute atomic E-state index is 0.0423. The molecule has 0 saturated carbocycles. The van der Waals surface area contributed by atoms with Crippen LogP contribution in [0.4, 0.5) is 5.69 Å². The fraction of sp³-hybridized carbons (Fsp3) is 0.0500. The zero-order valence-electron chi connectivity index (χ0n) is 12.3. The highest BCUT2D eigenvalue weighted by molar-refractivity contribution is 6.07.